The van der Waals surface area contributed by atoms with Gasteiger partial charge in [-0.05, 0) is 37.1 Å². The van der Waals surface area contributed by atoms with Gasteiger partial charge in [-0.2, -0.15) is 0 Å². The highest BCUT2D eigenvalue weighted by molar-refractivity contribution is 6.08. The molecule has 0 aliphatic heterocycles. The van der Waals surface area contributed by atoms with Crippen molar-refractivity contribution < 1.29 is 9.53 Å². The average Bonchev–Trinajstić information content (AvgIpc) is 3.24. The fourth-order valence-corrected chi connectivity index (χ4v) is 1.65. The summed E-state index contributed by atoms with van der Waals surface area (Å²) < 4.78 is 5.63. The molecule has 4 heteroatoms. The first-order valence-corrected chi connectivity index (χ1v) is 5.89. The Balaban J connectivity index is 1.77. The van der Waals surface area contributed by atoms with Crippen LogP contribution in [-0.4, -0.2) is 21.9 Å². The highest BCUT2D eigenvalue weighted by Gasteiger charge is 2.23. The van der Waals surface area contributed by atoms with Crippen LogP contribution < -0.4 is 4.74 Å². The third-order valence-corrected chi connectivity index (χ3v) is 2.77. The summed E-state index contributed by atoms with van der Waals surface area (Å²) in [5.74, 6) is 0.743. The maximum Gasteiger partial charge on any atom is 0.196 e. The summed E-state index contributed by atoms with van der Waals surface area (Å²) >= 11 is 0. The van der Waals surface area contributed by atoms with Crippen LogP contribution in [0.2, 0.25) is 0 Å². The largest absolute Gasteiger partial charge is 0.490 e. The molecule has 1 saturated carbocycles. The van der Waals surface area contributed by atoms with Gasteiger partial charge in [0, 0.05) is 18.0 Å². The molecule has 0 radical (unpaired) electrons. The number of hydrogen-bond acceptors (Lipinski definition) is 4. The molecule has 1 aromatic carbocycles. The number of carbonyl (C=O) groups is 1. The summed E-state index contributed by atoms with van der Waals surface area (Å²) in [6.45, 7) is 0. The quantitative estimate of drug-likeness (QED) is 0.769. The number of aromatic nitrogens is 2. The molecule has 2 aromatic rings. The molecule has 1 heterocycles. The summed E-state index contributed by atoms with van der Waals surface area (Å²) in [6.07, 6.45) is 7.07. The Morgan fingerprint density at radius 3 is 2.33 bits per heavy atom. The normalized spacial score (nSPS) is 14.2. The van der Waals surface area contributed by atoms with Gasteiger partial charge in [-0.1, -0.05) is 0 Å². The maximum atomic E-state index is 12.1. The van der Waals surface area contributed by atoms with E-state index in [9.17, 15) is 4.79 Å². The van der Waals surface area contributed by atoms with Gasteiger partial charge in [0.25, 0.3) is 0 Å². The summed E-state index contributed by atoms with van der Waals surface area (Å²) in [5.41, 5.74) is 1.11. The minimum absolute atomic E-state index is 0.0754. The lowest BCUT2D eigenvalue weighted by Gasteiger charge is -2.05. The van der Waals surface area contributed by atoms with Crippen LogP contribution in [-0.2, 0) is 0 Å². The molecule has 1 fully saturated rings. The van der Waals surface area contributed by atoms with Gasteiger partial charge >= 0.3 is 0 Å². The molecule has 1 aliphatic carbocycles. The van der Waals surface area contributed by atoms with Crippen molar-refractivity contribution in [3.63, 3.8) is 0 Å². The minimum atomic E-state index is -0.0754. The number of carbonyl (C=O) groups excluding carboxylic acids is 1. The van der Waals surface area contributed by atoms with Crippen molar-refractivity contribution in [3.05, 3.63) is 54.1 Å². The number of benzene rings is 1. The third-order valence-electron chi connectivity index (χ3n) is 2.77. The lowest BCUT2D eigenvalue weighted by Crippen LogP contribution is -2.03. The van der Waals surface area contributed by atoms with E-state index in [-0.39, 0.29) is 5.78 Å². The van der Waals surface area contributed by atoms with Crippen molar-refractivity contribution in [2.45, 2.75) is 18.9 Å². The number of ether oxygens (including phenoxy) is 1. The van der Waals surface area contributed by atoms with Gasteiger partial charge in [0.2, 0.25) is 0 Å². The Hall–Kier alpha value is -2.23. The number of nitrogens with zero attached hydrogens (tertiary/aromatic N) is 2. The monoisotopic (exact) mass is 240 g/mol. The van der Waals surface area contributed by atoms with Crippen LogP contribution in [0.4, 0.5) is 0 Å². The van der Waals surface area contributed by atoms with Crippen molar-refractivity contribution in [3.8, 4) is 5.75 Å². The zero-order chi connectivity index (χ0) is 12.4. The second-order valence-electron chi connectivity index (χ2n) is 4.30. The van der Waals surface area contributed by atoms with Crippen molar-refractivity contribution >= 4 is 5.78 Å². The fourth-order valence-electron chi connectivity index (χ4n) is 1.65. The zero-order valence-electron chi connectivity index (χ0n) is 9.74. The van der Waals surface area contributed by atoms with E-state index in [0.29, 0.717) is 17.2 Å². The van der Waals surface area contributed by atoms with Crippen molar-refractivity contribution in [1.29, 1.82) is 0 Å². The number of ketones is 1. The van der Waals surface area contributed by atoms with Crippen LogP contribution in [0, 0.1) is 0 Å². The van der Waals surface area contributed by atoms with E-state index in [0.717, 1.165) is 18.6 Å². The summed E-state index contributed by atoms with van der Waals surface area (Å²) in [6, 6.07) is 7.20. The van der Waals surface area contributed by atoms with Crippen LogP contribution in [0.15, 0.2) is 43.0 Å². The van der Waals surface area contributed by atoms with Crippen LogP contribution in [0.1, 0.15) is 28.8 Å². The summed E-state index contributed by atoms with van der Waals surface area (Å²) in [5, 5.41) is 0. The van der Waals surface area contributed by atoms with Crippen LogP contribution in [0.5, 0.6) is 5.75 Å². The Morgan fingerprint density at radius 1 is 1.06 bits per heavy atom. The molecule has 0 amide bonds. The highest BCUT2D eigenvalue weighted by Crippen LogP contribution is 2.26. The van der Waals surface area contributed by atoms with Crippen LogP contribution in [0.3, 0.4) is 0 Å². The van der Waals surface area contributed by atoms with Crippen molar-refractivity contribution in [1.82, 2.24) is 9.97 Å². The van der Waals surface area contributed by atoms with Crippen LogP contribution in [0.25, 0.3) is 0 Å². The maximum absolute atomic E-state index is 12.1. The molecule has 1 aliphatic rings. The van der Waals surface area contributed by atoms with Gasteiger partial charge < -0.3 is 4.74 Å². The molecule has 1 aromatic heterocycles. The fraction of sp³-hybridized carbons (Fsp3) is 0.214. The molecular formula is C14H12N2O2. The van der Waals surface area contributed by atoms with Gasteiger partial charge in [-0.3, -0.25) is 4.79 Å². The predicted molar refractivity (Wildman–Crippen MR) is 65.6 cm³/mol. The number of hydrogen-bond donors (Lipinski definition) is 0. The first-order chi connectivity index (χ1) is 8.83. The van der Waals surface area contributed by atoms with E-state index >= 15 is 0 Å². The summed E-state index contributed by atoms with van der Waals surface area (Å²) in [4.78, 5) is 19.8. The SMILES string of the molecule is O=C(c1ccc(OC2CC2)cc1)c1cncnc1. The van der Waals surface area contributed by atoms with Crippen LogP contribution >= 0.6 is 0 Å². The van der Waals surface area contributed by atoms with E-state index in [2.05, 4.69) is 9.97 Å². The molecule has 18 heavy (non-hydrogen) atoms. The molecule has 0 bridgehead atoms. The molecule has 0 spiro atoms. The first kappa shape index (κ1) is 10.9. The first-order valence-electron chi connectivity index (χ1n) is 5.89. The molecule has 3 rings (SSSR count). The minimum Gasteiger partial charge on any atom is -0.490 e. The molecule has 90 valence electrons. The average molecular weight is 240 g/mol. The predicted octanol–water partition coefficient (Wildman–Crippen LogP) is 2.25. The Morgan fingerprint density at radius 2 is 1.72 bits per heavy atom. The Kier molecular flexibility index (Phi) is 2.76. The molecule has 0 N–H and O–H groups in total. The lowest BCUT2D eigenvalue weighted by molar-refractivity contribution is 0.103. The van der Waals surface area contributed by atoms with E-state index in [4.69, 9.17) is 4.74 Å². The molecule has 0 unspecified atom stereocenters. The van der Waals surface area contributed by atoms with E-state index in [1.165, 1.54) is 18.7 Å². The third kappa shape index (κ3) is 2.37. The second-order valence-corrected chi connectivity index (χ2v) is 4.30. The van der Waals surface area contributed by atoms with E-state index < -0.39 is 0 Å². The smallest absolute Gasteiger partial charge is 0.196 e. The van der Waals surface area contributed by atoms with Gasteiger partial charge in [0.1, 0.15) is 12.1 Å². The standard InChI is InChI=1S/C14H12N2O2/c17-14(11-7-15-9-16-8-11)10-1-3-12(4-2-10)18-13-5-6-13/h1-4,7-9,13H,5-6H2. The van der Waals surface area contributed by atoms with Gasteiger partial charge in [0.15, 0.2) is 5.78 Å². The van der Waals surface area contributed by atoms with Crippen molar-refractivity contribution in [2.75, 3.05) is 0 Å². The van der Waals surface area contributed by atoms with Gasteiger partial charge in [-0.25, -0.2) is 9.97 Å². The highest BCUT2D eigenvalue weighted by atomic mass is 16.5. The second kappa shape index (κ2) is 4.56. The van der Waals surface area contributed by atoms with Gasteiger partial charge in [0.05, 0.1) is 11.7 Å². The molecular weight excluding hydrogens is 228 g/mol. The van der Waals surface area contributed by atoms with E-state index in [1.807, 2.05) is 12.1 Å². The van der Waals surface area contributed by atoms with Gasteiger partial charge in [-0.15, -0.1) is 0 Å². The molecule has 0 saturated heterocycles. The molecule has 0 atom stereocenters. The molecule has 4 nitrogen and oxygen atoms in total. The van der Waals surface area contributed by atoms with Crippen molar-refractivity contribution in [2.24, 2.45) is 0 Å². The Bertz CT molecular complexity index is 548. The lowest BCUT2D eigenvalue weighted by atomic mass is 10.1. The zero-order valence-corrected chi connectivity index (χ0v) is 9.74. The van der Waals surface area contributed by atoms with E-state index in [1.54, 1.807) is 12.1 Å². The Labute approximate surface area is 105 Å². The summed E-state index contributed by atoms with van der Waals surface area (Å²) in [7, 11) is 0. The topological polar surface area (TPSA) is 52.1 Å². The number of rotatable bonds is 4.